The zero-order valence-electron chi connectivity index (χ0n) is 26.4. The Labute approximate surface area is 284 Å². The Morgan fingerprint density at radius 1 is 0.292 bits per heavy atom. The van der Waals surface area contributed by atoms with E-state index in [9.17, 15) is 0 Å². The van der Waals surface area contributed by atoms with Crippen LogP contribution in [0.3, 0.4) is 0 Å². The van der Waals surface area contributed by atoms with Gasteiger partial charge < -0.3 is 11.5 Å². The van der Waals surface area contributed by atoms with Gasteiger partial charge in [0.25, 0.3) is 0 Å². The highest BCUT2D eigenvalue weighted by molar-refractivity contribution is 7.80. The van der Waals surface area contributed by atoms with Crippen molar-refractivity contribution in [2.75, 3.05) is 11.5 Å². The van der Waals surface area contributed by atoms with Crippen LogP contribution in [0.15, 0.2) is 182 Å². The monoisotopic (exact) mass is 652 g/mol. The van der Waals surface area contributed by atoms with Crippen LogP contribution in [-0.4, -0.2) is 0 Å². The maximum atomic E-state index is 7.05. The first-order chi connectivity index (χ1) is 23.7. The molecule has 230 valence electrons. The molecule has 8 rings (SSSR count). The third kappa shape index (κ3) is 5.44. The number of nitrogen functional groups attached to an aromatic ring is 2. The summed E-state index contributed by atoms with van der Waals surface area (Å²) in [6.45, 7) is 0. The van der Waals surface area contributed by atoms with E-state index in [-0.39, 0.29) is 0 Å². The molecule has 0 aliphatic carbocycles. The lowest BCUT2D eigenvalue weighted by molar-refractivity contribution is 1.70. The highest BCUT2D eigenvalue weighted by Crippen LogP contribution is 2.47. The van der Waals surface area contributed by atoms with E-state index in [1.807, 2.05) is 12.1 Å². The van der Waals surface area contributed by atoms with Crippen LogP contribution in [0.5, 0.6) is 0 Å². The molecule has 0 aliphatic rings. The minimum atomic E-state index is -0.970. The van der Waals surface area contributed by atoms with E-state index in [1.54, 1.807) is 0 Å². The van der Waals surface area contributed by atoms with Crippen molar-refractivity contribution in [3.63, 3.8) is 0 Å². The van der Waals surface area contributed by atoms with Crippen LogP contribution < -0.4 is 43.3 Å². The Hall–Kier alpha value is -5.26. The second kappa shape index (κ2) is 13.1. The topological polar surface area (TPSA) is 52.0 Å². The van der Waals surface area contributed by atoms with Crippen molar-refractivity contribution < 1.29 is 0 Å². The fourth-order valence-electron chi connectivity index (χ4n) is 6.83. The lowest BCUT2D eigenvalue weighted by atomic mass is 9.92. The van der Waals surface area contributed by atoms with Gasteiger partial charge in [-0.05, 0) is 70.6 Å². The van der Waals surface area contributed by atoms with Crippen molar-refractivity contribution in [2.24, 2.45) is 0 Å². The van der Waals surface area contributed by atoms with Crippen molar-refractivity contribution in [1.29, 1.82) is 0 Å². The van der Waals surface area contributed by atoms with Crippen molar-refractivity contribution in [1.82, 2.24) is 0 Å². The number of rotatable bonds is 7. The lowest BCUT2D eigenvalue weighted by Gasteiger charge is -2.29. The van der Waals surface area contributed by atoms with Crippen LogP contribution in [0.1, 0.15) is 0 Å². The van der Waals surface area contributed by atoms with Gasteiger partial charge in [0.1, 0.15) is 0 Å². The van der Waals surface area contributed by atoms with Gasteiger partial charge >= 0.3 is 0 Å². The van der Waals surface area contributed by atoms with Gasteiger partial charge in [-0.1, -0.05) is 170 Å². The molecule has 0 heterocycles. The molecule has 0 spiro atoms. The van der Waals surface area contributed by atoms with E-state index < -0.39 is 15.8 Å². The highest BCUT2D eigenvalue weighted by atomic mass is 31.1. The second-order valence-electron chi connectivity index (χ2n) is 11.8. The SMILES string of the molecule is Nc1cccc2ccc(P(c3ccccc3)c3ccccc3)c(-c3c(P(c4ccccc4)c4ccccc4)ccc4cccc(N)c34)c12. The van der Waals surface area contributed by atoms with Gasteiger partial charge in [-0.25, -0.2) is 0 Å². The first kappa shape index (κ1) is 30.1. The largest absolute Gasteiger partial charge is 0.398 e. The Morgan fingerprint density at radius 3 is 0.917 bits per heavy atom. The van der Waals surface area contributed by atoms with Crippen molar-refractivity contribution in [3.05, 3.63) is 182 Å². The smallest absolute Gasteiger partial charge is 0.0400 e. The molecule has 8 aromatic carbocycles. The molecule has 4 heteroatoms. The molecule has 0 radical (unpaired) electrons. The summed E-state index contributed by atoms with van der Waals surface area (Å²) >= 11 is 0. The summed E-state index contributed by atoms with van der Waals surface area (Å²) in [4.78, 5) is 0. The van der Waals surface area contributed by atoms with Gasteiger partial charge in [-0.3, -0.25) is 0 Å². The lowest BCUT2D eigenvalue weighted by Crippen LogP contribution is -2.26. The van der Waals surface area contributed by atoms with E-state index in [0.717, 1.165) is 32.9 Å². The minimum absolute atomic E-state index is 0.765. The molecule has 0 saturated carbocycles. The van der Waals surface area contributed by atoms with E-state index in [1.165, 1.54) is 43.0 Å². The fraction of sp³-hybridized carbons (Fsp3) is 0. The molecule has 2 nitrogen and oxygen atoms in total. The Kier molecular flexibility index (Phi) is 8.21. The molecule has 0 aromatic heterocycles. The molecule has 4 N–H and O–H groups in total. The summed E-state index contributed by atoms with van der Waals surface area (Å²) in [6, 6.07) is 65.4. The van der Waals surface area contributed by atoms with Gasteiger partial charge in [0.05, 0.1) is 0 Å². The van der Waals surface area contributed by atoms with Gasteiger partial charge in [0.15, 0.2) is 0 Å². The van der Waals surface area contributed by atoms with E-state index >= 15 is 0 Å². The van der Waals surface area contributed by atoms with Crippen LogP contribution >= 0.6 is 15.8 Å². The summed E-state index contributed by atoms with van der Waals surface area (Å²) in [5.74, 6) is 0. The number of anilines is 2. The molecule has 0 aliphatic heterocycles. The van der Waals surface area contributed by atoms with Crippen molar-refractivity contribution in [3.8, 4) is 11.1 Å². The van der Waals surface area contributed by atoms with Gasteiger partial charge in [-0.2, -0.15) is 0 Å². The van der Waals surface area contributed by atoms with Crippen LogP contribution in [0.2, 0.25) is 0 Å². The Balaban J connectivity index is 1.57. The summed E-state index contributed by atoms with van der Waals surface area (Å²) in [6.07, 6.45) is 0. The molecule has 0 fully saturated rings. The fourth-order valence-corrected chi connectivity index (χ4v) is 11.8. The number of hydrogen-bond acceptors (Lipinski definition) is 2. The zero-order chi connectivity index (χ0) is 32.5. The zero-order valence-corrected chi connectivity index (χ0v) is 28.2. The van der Waals surface area contributed by atoms with Gasteiger partial charge in [0, 0.05) is 33.3 Å². The average Bonchev–Trinajstić information content (AvgIpc) is 3.14. The first-order valence-corrected chi connectivity index (χ1v) is 18.8. The molecule has 0 saturated heterocycles. The first-order valence-electron chi connectivity index (χ1n) is 16.1. The summed E-state index contributed by atoms with van der Waals surface area (Å²) in [5.41, 5.74) is 18.0. The van der Waals surface area contributed by atoms with Crippen molar-refractivity contribution in [2.45, 2.75) is 0 Å². The number of hydrogen-bond donors (Lipinski definition) is 2. The molecule has 0 atom stereocenters. The molecule has 0 amide bonds. The third-order valence-electron chi connectivity index (χ3n) is 8.90. The second-order valence-corrected chi connectivity index (χ2v) is 16.2. The van der Waals surface area contributed by atoms with E-state index in [4.69, 9.17) is 11.5 Å². The molecule has 48 heavy (non-hydrogen) atoms. The molecular formula is C44H34N2P2. The highest BCUT2D eigenvalue weighted by Gasteiger charge is 2.29. The molecule has 0 unspecified atom stereocenters. The average molecular weight is 653 g/mol. The van der Waals surface area contributed by atoms with Crippen LogP contribution in [-0.2, 0) is 0 Å². The predicted molar refractivity (Wildman–Crippen MR) is 213 cm³/mol. The van der Waals surface area contributed by atoms with Gasteiger partial charge in [-0.15, -0.1) is 0 Å². The summed E-state index contributed by atoms with van der Waals surface area (Å²) < 4.78 is 0. The maximum Gasteiger partial charge on any atom is 0.0400 e. The van der Waals surface area contributed by atoms with E-state index in [2.05, 4.69) is 170 Å². The van der Waals surface area contributed by atoms with E-state index in [0.29, 0.717) is 0 Å². The molecular weight excluding hydrogens is 618 g/mol. The Bertz CT molecular complexity index is 2110. The van der Waals surface area contributed by atoms with Crippen LogP contribution in [0, 0.1) is 0 Å². The Morgan fingerprint density at radius 2 is 0.604 bits per heavy atom. The third-order valence-corrected chi connectivity index (χ3v) is 13.9. The van der Waals surface area contributed by atoms with Gasteiger partial charge in [0.2, 0.25) is 0 Å². The number of fused-ring (bicyclic) bond motifs is 2. The molecule has 8 aromatic rings. The maximum absolute atomic E-state index is 7.05. The van der Waals surface area contributed by atoms with Crippen molar-refractivity contribution >= 4 is 80.6 Å². The normalized spacial score (nSPS) is 11.5. The standard InChI is InChI=1S/C44H34N2P2/c45-37-25-13-15-31-27-29-39(47(33-17-5-1-6-18-33)34-19-7-2-8-20-34)43(41(31)37)44-40(30-28-32-16-14-26-38(46)42(32)44)48(35-21-9-3-10-22-35)36-23-11-4-12-24-36/h1-30H,45-46H2. The number of benzene rings is 8. The minimum Gasteiger partial charge on any atom is -0.398 e. The summed E-state index contributed by atoms with van der Waals surface area (Å²) in [5, 5.41) is 12.1. The van der Waals surface area contributed by atoms with Crippen LogP contribution in [0.25, 0.3) is 32.7 Å². The predicted octanol–water partition coefficient (Wildman–Crippen LogP) is 8.34. The quantitative estimate of drug-likeness (QED) is 0.134. The summed E-state index contributed by atoms with van der Waals surface area (Å²) in [7, 11) is -1.94. The molecule has 0 bridgehead atoms. The number of nitrogens with two attached hydrogens (primary N) is 2. The van der Waals surface area contributed by atoms with Crippen LogP contribution in [0.4, 0.5) is 11.4 Å².